The third-order valence-electron chi connectivity index (χ3n) is 5.04. The molecule has 0 N–H and O–H groups in total. The first kappa shape index (κ1) is 29.8. The van der Waals surface area contributed by atoms with E-state index in [1.807, 2.05) is 0 Å². The molecule has 0 aliphatic rings. The van der Waals surface area contributed by atoms with E-state index in [2.05, 4.69) is 65.1 Å². The van der Waals surface area contributed by atoms with Crippen LogP contribution < -0.4 is 0 Å². The molecule has 0 rings (SSSR count). The molecule has 0 radical (unpaired) electrons. The predicted octanol–water partition coefficient (Wildman–Crippen LogP) is 7.37. The Morgan fingerprint density at radius 1 is 0.500 bits per heavy atom. The minimum absolute atomic E-state index is 0.769. The second-order valence-corrected chi connectivity index (χ2v) is 14.0. The molecule has 0 bridgehead atoms. The van der Waals surface area contributed by atoms with Gasteiger partial charge in [0.1, 0.15) is 0 Å². The molecule has 0 aliphatic heterocycles. The standard InChI is InChI=1S/C24H50O4Si2/c1-7-13-17-25-29(21-11-5,26-18-14-8-2)23-24-30(22-12-6,27-19-15-9-3)28-20-16-10-4/h11-12,21-22H,7-10,13-20,23-24H2,1-6H3. The zero-order valence-electron chi connectivity index (χ0n) is 20.8. The van der Waals surface area contributed by atoms with Gasteiger partial charge in [0.05, 0.1) is 0 Å². The largest absolute Gasteiger partial charge is 0.391 e. The highest BCUT2D eigenvalue weighted by Gasteiger charge is 2.42. The van der Waals surface area contributed by atoms with E-state index < -0.39 is 17.1 Å². The summed E-state index contributed by atoms with van der Waals surface area (Å²) in [7, 11) is -4.89. The Morgan fingerprint density at radius 2 is 0.767 bits per heavy atom. The molecule has 0 amide bonds. The van der Waals surface area contributed by atoms with Crippen molar-refractivity contribution in [3.63, 3.8) is 0 Å². The van der Waals surface area contributed by atoms with Crippen molar-refractivity contribution >= 4 is 17.1 Å². The molecule has 0 aromatic rings. The predicted molar refractivity (Wildman–Crippen MR) is 134 cm³/mol. The molecule has 0 aromatic heterocycles. The third kappa shape index (κ3) is 13.2. The highest BCUT2D eigenvalue weighted by Crippen LogP contribution is 2.28. The zero-order valence-corrected chi connectivity index (χ0v) is 22.8. The summed E-state index contributed by atoms with van der Waals surface area (Å²) in [6.07, 6.45) is 13.0. The third-order valence-corrected chi connectivity index (χ3v) is 11.9. The van der Waals surface area contributed by atoms with Crippen molar-refractivity contribution in [1.29, 1.82) is 0 Å². The lowest BCUT2D eigenvalue weighted by atomic mass is 10.4. The van der Waals surface area contributed by atoms with E-state index >= 15 is 0 Å². The number of allylic oxidation sites excluding steroid dienone is 2. The summed E-state index contributed by atoms with van der Waals surface area (Å²) in [4.78, 5) is 0. The molecule has 178 valence electrons. The van der Waals surface area contributed by atoms with E-state index in [1.54, 1.807) is 0 Å². The van der Waals surface area contributed by atoms with E-state index in [4.69, 9.17) is 17.7 Å². The lowest BCUT2D eigenvalue weighted by molar-refractivity contribution is 0.163. The van der Waals surface area contributed by atoms with Gasteiger partial charge in [-0.2, -0.15) is 0 Å². The van der Waals surface area contributed by atoms with Gasteiger partial charge in [-0.1, -0.05) is 65.5 Å². The summed E-state index contributed by atoms with van der Waals surface area (Å²) in [6.45, 7) is 16.0. The Labute approximate surface area is 189 Å². The molecule has 0 saturated heterocycles. The van der Waals surface area contributed by atoms with Crippen LogP contribution in [0.15, 0.2) is 23.6 Å². The average molecular weight is 459 g/mol. The maximum Gasteiger partial charge on any atom is 0.364 e. The average Bonchev–Trinajstić information content (AvgIpc) is 2.73. The molecule has 6 heteroatoms. The quantitative estimate of drug-likeness (QED) is 0.133. The van der Waals surface area contributed by atoms with Gasteiger partial charge < -0.3 is 17.7 Å². The van der Waals surface area contributed by atoms with Crippen molar-refractivity contribution in [2.75, 3.05) is 26.4 Å². The second-order valence-electron chi connectivity index (χ2n) is 7.93. The molecule has 4 nitrogen and oxygen atoms in total. The van der Waals surface area contributed by atoms with E-state index in [-0.39, 0.29) is 0 Å². The van der Waals surface area contributed by atoms with Crippen molar-refractivity contribution in [3.8, 4) is 0 Å². The Balaban J connectivity index is 5.51. The maximum absolute atomic E-state index is 6.50. The fourth-order valence-corrected chi connectivity index (χ4v) is 10.4. The van der Waals surface area contributed by atoms with Crippen LogP contribution in [0.25, 0.3) is 0 Å². The van der Waals surface area contributed by atoms with Crippen LogP contribution in [0.4, 0.5) is 0 Å². The summed E-state index contributed by atoms with van der Waals surface area (Å²) >= 11 is 0. The Bertz CT molecular complexity index is 381. The smallest absolute Gasteiger partial charge is 0.364 e. The van der Waals surface area contributed by atoms with Gasteiger partial charge >= 0.3 is 17.1 Å². The highest BCUT2D eigenvalue weighted by molar-refractivity contribution is 6.78. The zero-order chi connectivity index (χ0) is 22.6. The molecule has 0 spiro atoms. The topological polar surface area (TPSA) is 36.9 Å². The van der Waals surface area contributed by atoms with E-state index in [9.17, 15) is 0 Å². The van der Waals surface area contributed by atoms with Crippen molar-refractivity contribution in [2.45, 2.75) is 105 Å². The Morgan fingerprint density at radius 3 is 0.967 bits per heavy atom. The molecule has 0 fully saturated rings. The minimum atomic E-state index is -2.44. The first-order valence-electron chi connectivity index (χ1n) is 12.4. The minimum Gasteiger partial charge on any atom is -0.391 e. The summed E-state index contributed by atoms with van der Waals surface area (Å²) < 4.78 is 26.0. The number of hydrogen-bond acceptors (Lipinski definition) is 4. The summed E-state index contributed by atoms with van der Waals surface area (Å²) in [6, 6.07) is 1.78. The molecule has 0 aliphatic carbocycles. The van der Waals surface area contributed by atoms with Crippen LogP contribution in [0.3, 0.4) is 0 Å². The highest BCUT2D eigenvalue weighted by atomic mass is 28.4. The van der Waals surface area contributed by atoms with E-state index in [0.717, 1.165) is 89.9 Å². The number of rotatable bonds is 21. The molecule has 30 heavy (non-hydrogen) atoms. The van der Waals surface area contributed by atoms with Crippen LogP contribution in [-0.2, 0) is 17.7 Å². The normalized spacial score (nSPS) is 13.1. The van der Waals surface area contributed by atoms with Gasteiger partial charge in [-0.25, -0.2) is 0 Å². The lowest BCUT2D eigenvalue weighted by Crippen LogP contribution is -2.47. The molecular formula is C24H50O4Si2. The van der Waals surface area contributed by atoms with Crippen molar-refractivity contribution in [1.82, 2.24) is 0 Å². The van der Waals surface area contributed by atoms with Gasteiger partial charge in [0.15, 0.2) is 0 Å². The molecular weight excluding hydrogens is 408 g/mol. The number of unbranched alkanes of at least 4 members (excludes halogenated alkanes) is 4. The lowest BCUT2D eigenvalue weighted by Gasteiger charge is -2.33. The van der Waals surface area contributed by atoms with Crippen LogP contribution in [-0.4, -0.2) is 43.5 Å². The van der Waals surface area contributed by atoms with Gasteiger partial charge in [-0.15, -0.1) is 0 Å². The number of hydrogen-bond donors (Lipinski definition) is 0. The molecule has 0 atom stereocenters. The van der Waals surface area contributed by atoms with E-state index in [1.165, 1.54) is 0 Å². The summed E-state index contributed by atoms with van der Waals surface area (Å²) in [5, 5.41) is 0. The second kappa shape index (κ2) is 19.4. The summed E-state index contributed by atoms with van der Waals surface area (Å²) in [5.74, 6) is 0. The Kier molecular flexibility index (Phi) is 19.3. The van der Waals surface area contributed by atoms with Gasteiger partial charge in [0.25, 0.3) is 0 Å². The van der Waals surface area contributed by atoms with E-state index in [0.29, 0.717) is 0 Å². The maximum atomic E-state index is 6.50. The van der Waals surface area contributed by atoms with Crippen LogP contribution in [0.1, 0.15) is 92.9 Å². The van der Waals surface area contributed by atoms with Gasteiger partial charge in [0, 0.05) is 26.4 Å². The van der Waals surface area contributed by atoms with Crippen LogP contribution in [0.5, 0.6) is 0 Å². The molecule has 0 saturated carbocycles. The van der Waals surface area contributed by atoms with Crippen LogP contribution >= 0.6 is 0 Å². The van der Waals surface area contributed by atoms with Crippen molar-refractivity contribution < 1.29 is 17.7 Å². The monoisotopic (exact) mass is 458 g/mol. The fraction of sp³-hybridized carbons (Fsp3) is 0.833. The van der Waals surface area contributed by atoms with Gasteiger partial charge in [-0.3, -0.25) is 0 Å². The SMILES string of the molecule is CC=C[Si](CC[Si](C=CC)(OCCCC)OCCCC)(OCCCC)OCCCC. The molecule has 0 unspecified atom stereocenters. The fourth-order valence-electron chi connectivity index (χ4n) is 3.14. The van der Waals surface area contributed by atoms with Gasteiger partial charge in [-0.05, 0) is 63.0 Å². The van der Waals surface area contributed by atoms with Crippen molar-refractivity contribution in [3.05, 3.63) is 23.6 Å². The Hall–Kier alpha value is -0.246. The van der Waals surface area contributed by atoms with Crippen molar-refractivity contribution in [2.24, 2.45) is 0 Å². The summed E-state index contributed by atoms with van der Waals surface area (Å²) in [5.41, 5.74) is 4.45. The first-order chi connectivity index (χ1) is 14.6. The molecule has 0 aromatic carbocycles. The molecule has 0 heterocycles. The van der Waals surface area contributed by atoms with Crippen LogP contribution in [0, 0.1) is 0 Å². The first-order valence-corrected chi connectivity index (χ1v) is 16.6. The van der Waals surface area contributed by atoms with Crippen LogP contribution in [0.2, 0.25) is 12.1 Å². The van der Waals surface area contributed by atoms with Gasteiger partial charge in [0.2, 0.25) is 0 Å².